The molecule has 0 heterocycles. The van der Waals surface area contributed by atoms with Gasteiger partial charge in [0, 0.05) is 29.1 Å². The topological polar surface area (TPSA) is 144 Å². The molecule has 0 bridgehead atoms. The van der Waals surface area contributed by atoms with Crippen molar-refractivity contribution in [1.82, 2.24) is 0 Å². The fourth-order valence-corrected chi connectivity index (χ4v) is 3.10. The van der Waals surface area contributed by atoms with Crippen LogP contribution in [0.3, 0.4) is 0 Å². The van der Waals surface area contributed by atoms with E-state index >= 15 is 0 Å². The first-order valence-corrected chi connectivity index (χ1v) is 10.2. The maximum atomic E-state index is 12.5. The zero-order chi connectivity index (χ0) is 25.0. The Hall–Kier alpha value is -4.60. The molecule has 0 saturated heterocycles. The van der Waals surface area contributed by atoms with Crippen molar-refractivity contribution in [2.75, 3.05) is 10.6 Å². The third-order valence-electron chi connectivity index (χ3n) is 5.00. The molecule has 2 N–H and O–H groups in total. The van der Waals surface area contributed by atoms with Crippen molar-refractivity contribution >= 4 is 34.6 Å². The number of hydrogen-bond acceptors (Lipinski definition) is 6. The summed E-state index contributed by atoms with van der Waals surface area (Å²) in [7, 11) is 0. The van der Waals surface area contributed by atoms with Gasteiger partial charge < -0.3 is 10.6 Å². The van der Waals surface area contributed by atoms with E-state index < -0.39 is 27.1 Å². The summed E-state index contributed by atoms with van der Waals surface area (Å²) in [5, 5.41) is 27.3. The highest BCUT2D eigenvalue weighted by molar-refractivity contribution is 6.06. The fourth-order valence-electron chi connectivity index (χ4n) is 3.10. The van der Waals surface area contributed by atoms with Crippen molar-refractivity contribution in [2.45, 2.75) is 26.2 Å². The fraction of sp³-hybridized carbons (Fsp3) is 0.167. The van der Waals surface area contributed by atoms with Crippen molar-refractivity contribution in [2.24, 2.45) is 0 Å². The number of rotatable bonds is 6. The Bertz CT molecular complexity index is 1230. The van der Waals surface area contributed by atoms with Gasteiger partial charge in [0.25, 0.3) is 23.2 Å². The van der Waals surface area contributed by atoms with Gasteiger partial charge in [0.2, 0.25) is 0 Å². The lowest BCUT2D eigenvalue weighted by molar-refractivity contribution is -0.394. The van der Waals surface area contributed by atoms with E-state index in [2.05, 4.69) is 31.4 Å². The standard InChI is InChI=1S/C24H22N4O6/c1-24(2,3)17-6-4-15(5-7-17)22(29)25-18-8-10-19(11-9-18)26-23(30)16-12-20(27(31)32)14-21(13-16)28(33)34/h4-14H,1-3H3,(H,25,29)(H,26,30). The van der Waals surface area contributed by atoms with Crippen LogP contribution in [0.2, 0.25) is 0 Å². The van der Waals surface area contributed by atoms with Crippen molar-refractivity contribution < 1.29 is 19.4 Å². The van der Waals surface area contributed by atoms with Gasteiger partial charge in [0.05, 0.1) is 21.5 Å². The third kappa shape index (κ3) is 5.80. The predicted octanol–water partition coefficient (Wildman–Crippen LogP) is 5.31. The number of benzene rings is 3. The van der Waals surface area contributed by atoms with E-state index in [-0.39, 0.29) is 16.9 Å². The van der Waals surface area contributed by atoms with Crippen molar-refractivity contribution in [3.05, 3.63) is 104 Å². The molecule has 10 heteroatoms. The van der Waals surface area contributed by atoms with E-state index in [4.69, 9.17) is 0 Å². The van der Waals surface area contributed by atoms with Gasteiger partial charge in [0.15, 0.2) is 0 Å². The SMILES string of the molecule is CC(C)(C)c1ccc(C(=O)Nc2ccc(NC(=O)c3cc([N+](=O)[O-])cc([N+](=O)[O-])c3)cc2)cc1. The summed E-state index contributed by atoms with van der Waals surface area (Å²) >= 11 is 0. The molecule has 0 unspecified atom stereocenters. The Labute approximate surface area is 194 Å². The smallest absolute Gasteiger partial charge is 0.277 e. The highest BCUT2D eigenvalue weighted by atomic mass is 16.6. The quantitative estimate of drug-likeness (QED) is 0.375. The highest BCUT2D eigenvalue weighted by Crippen LogP contribution is 2.25. The minimum atomic E-state index is -0.808. The number of nitrogens with zero attached hydrogens (tertiary/aromatic N) is 2. The first kappa shape index (κ1) is 24.1. The lowest BCUT2D eigenvalue weighted by Gasteiger charge is -2.19. The Morgan fingerprint density at radius 2 is 1.09 bits per heavy atom. The van der Waals surface area contributed by atoms with E-state index in [1.165, 1.54) is 12.1 Å². The lowest BCUT2D eigenvalue weighted by atomic mass is 9.87. The molecule has 0 aliphatic rings. The first-order valence-electron chi connectivity index (χ1n) is 10.2. The monoisotopic (exact) mass is 462 g/mol. The van der Waals surface area contributed by atoms with Gasteiger partial charge in [-0.15, -0.1) is 0 Å². The van der Waals surface area contributed by atoms with Crippen LogP contribution < -0.4 is 10.6 Å². The van der Waals surface area contributed by atoms with Gasteiger partial charge in [-0.1, -0.05) is 32.9 Å². The molecule has 10 nitrogen and oxygen atoms in total. The van der Waals surface area contributed by atoms with E-state index in [1.54, 1.807) is 24.3 Å². The molecule has 0 fully saturated rings. The van der Waals surface area contributed by atoms with Gasteiger partial charge in [0.1, 0.15) is 0 Å². The number of anilines is 2. The summed E-state index contributed by atoms with van der Waals surface area (Å²) in [5.74, 6) is -1.04. The minimum absolute atomic E-state index is 0.0230. The Balaban J connectivity index is 1.69. The van der Waals surface area contributed by atoms with Gasteiger partial charge in [-0.05, 0) is 47.4 Å². The molecule has 3 rings (SSSR count). The van der Waals surface area contributed by atoms with Gasteiger partial charge in [-0.3, -0.25) is 29.8 Å². The van der Waals surface area contributed by atoms with Crippen LogP contribution in [0.4, 0.5) is 22.7 Å². The number of nitro benzene ring substituents is 2. The summed E-state index contributed by atoms with van der Waals surface area (Å²) < 4.78 is 0. The molecule has 3 aromatic carbocycles. The second-order valence-corrected chi connectivity index (χ2v) is 8.57. The molecule has 2 amide bonds. The average molecular weight is 462 g/mol. The molecule has 3 aromatic rings. The Kier molecular flexibility index (Phi) is 6.71. The van der Waals surface area contributed by atoms with Gasteiger partial charge in [-0.2, -0.15) is 0 Å². The van der Waals surface area contributed by atoms with Crippen LogP contribution in [0.15, 0.2) is 66.7 Å². The molecule has 0 aliphatic carbocycles. The zero-order valence-electron chi connectivity index (χ0n) is 18.7. The Morgan fingerprint density at radius 3 is 1.47 bits per heavy atom. The van der Waals surface area contributed by atoms with Crippen LogP contribution >= 0.6 is 0 Å². The Morgan fingerprint density at radius 1 is 0.676 bits per heavy atom. The largest absolute Gasteiger partial charge is 0.322 e. The number of nitrogens with one attached hydrogen (secondary N) is 2. The summed E-state index contributed by atoms with van der Waals surface area (Å²) in [6.45, 7) is 6.26. The first-order chi connectivity index (χ1) is 15.9. The van der Waals surface area contributed by atoms with Crippen molar-refractivity contribution in [3.8, 4) is 0 Å². The summed E-state index contributed by atoms with van der Waals surface area (Å²) in [4.78, 5) is 45.4. The van der Waals surface area contributed by atoms with Crippen LogP contribution in [-0.4, -0.2) is 21.7 Å². The number of hydrogen-bond donors (Lipinski definition) is 2. The van der Waals surface area contributed by atoms with Gasteiger partial charge >= 0.3 is 0 Å². The van der Waals surface area contributed by atoms with Crippen molar-refractivity contribution in [1.29, 1.82) is 0 Å². The second-order valence-electron chi connectivity index (χ2n) is 8.57. The van der Waals surface area contributed by atoms with E-state index in [1.807, 2.05) is 12.1 Å². The predicted molar refractivity (Wildman–Crippen MR) is 127 cm³/mol. The highest BCUT2D eigenvalue weighted by Gasteiger charge is 2.20. The molecular weight excluding hydrogens is 440 g/mol. The molecule has 34 heavy (non-hydrogen) atoms. The van der Waals surface area contributed by atoms with E-state index in [9.17, 15) is 29.8 Å². The molecule has 0 aromatic heterocycles. The van der Waals surface area contributed by atoms with Crippen LogP contribution in [0.25, 0.3) is 0 Å². The van der Waals surface area contributed by atoms with E-state index in [0.717, 1.165) is 23.8 Å². The van der Waals surface area contributed by atoms with E-state index in [0.29, 0.717) is 16.9 Å². The third-order valence-corrected chi connectivity index (χ3v) is 5.00. The summed E-state index contributed by atoms with van der Waals surface area (Å²) in [5.41, 5.74) is 1.07. The summed E-state index contributed by atoms with van der Waals surface area (Å²) in [6, 6.07) is 16.2. The number of non-ortho nitro benzene ring substituents is 2. The van der Waals surface area contributed by atoms with Crippen LogP contribution in [0.1, 0.15) is 47.1 Å². The molecule has 0 saturated carbocycles. The second kappa shape index (κ2) is 9.49. The average Bonchev–Trinajstić information content (AvgIpc) is 2.79. The maximum absolute atomic E-state index is 12.5. The lowest BCUT2D eigenvalue weighted by Crippen LogP contribution is -2.15. The summed E-state index contributed by atoms with van der Waals surface area (Å²) in [6.07, 6.45) is 0. The molecule has 0 aliphatic heterocycles. The number of carbonyl (C=O) groups is 2. The number of amides is 2. The normalized spacial score (nSPS) is 10.9. The molecule has 0 radical (unpaired) electrons. The number of carbonyl (C=O) groups excluding carboxylic acids is 2. The van der Waals surface area contributed by atoms with Crippen LogP contribution in [0, 0.1) is 20.2 Å². The molecular formula is C24H22N4O6. The van der Waals surface area contributed by atoms with Crippen molar-refractivity contribution in [3.63, 3.8) is 0 Å². The molecule has 0 spiro atoms. The molecule has 0 atom stereocenters. The van der Waals surface area contributed by atoms with Gasteiger partial charge in [-0.25, -0.2) is 0 Å². The number of nitro groups is 2. The van der Waals surface area contributed by atoms with Crippen LogP contribution in [-0.2, 0) is 5.41 Å². The van der Waals surface area contributed by atoms with Crippen LogP contribution in [0.5, 0.6) is 0 Å². The zero-order valence-corrected chi connectivity index (χ0v) is 18.7. The molecule has 174 valence electrons. The minimum Gasteiger partial charge on any atom is -0.322 e. The maximum Gasteiger partial charge on any atom is 0.277 e.